The van der Waals surface area contributed by atoms with Crippen LogP contribution in [0.1, 0.15) is 32.8 Å². The maximum atomic E-state index is 10.0. The third kappa shape index (κ3) is 8.18. The molecule has 0 fully saturated rings. The summed E-state index contributed by atoms with van der Waals surface area (Å²) < 4.78 is 16.8. The van der Waals surface area contributed by atoms with E-state index < -0.39 is 14.4 Å². The minimum atomic E-state index is -1.73. The summed E-state index contributed by atoms with van der Waals surface area (Å²) in [5.41, 5.74) is 1.09. The Morgan fingerprint density at radius 3 is 2.36 bits per heavy atom. The Kier molecular flexibility index (Phi) is 8.86. The van der Waals surface area contributed by atoms with Crippen molar-refractivity contribution in [1.29, 1.82) is 0 Å². The van der Waals surface area contributed by atoms with Gasteiger partial charge in [0.25, 0.3) is 0 Å². The van der Waals surface area contributed by atoms with Crippen LogP contribution >= 0.6 is 0 Å². The molecule has 142 valence electrons. The van der Waals surface area contributed by atoms with Gasteiger partial charge in [0.2, 0.25) is 0 Å². The summed E-state index contributed by atoms with van der Waals surface area (Å²) in [4.78, 5) is 0. The summed E-state index contributed by atoms with van der Waals surface area (Å²) in [6.07, 6.45) is 3.76. The van der Waals surface area contributed by atoms with Gasteiger partial charge in [0.15, 0.2) is 8.32 Å². The first-order valence-electron chi connectivity index (χ1n) is 8.85. The quantitative estimate of drug-likeness (QED) is 0.375. The molecule has 0 aliphatic carbocycles. The van der Waals surface area contributed by atoms with Gasteiger partial charge in [-0.25, -0.2) is 0 Å². The first-order chi connectivity index (χ1) is 11.7. The molecule has 0 aliphatic heterocycles. The molecule has 0 saturated heterocycles. The molecule has 1 rings (SSSR count). The number of rotatable bonds is 10. The molecular weight excluding hydrogens is 332 g/mol. The number of hydrogen-bond donors (Lipinski definition) is 1. The summed E-state index contributed by atoms with van der Waals surface area (Å²) in [5, 5.41) is 10.2. The van der Waals surface area contributed by atoms with Crippen molar-refractivity contribution in [2.45, 2.75) is 58.0 Å². The molecule has 25 heavy (non-hydrogen) atoms. The van der Waals surface area contributed by atoms with Crippen molar-refractivity contribution < 1.29 is 19.0 Å². The van der Waals surface area contributed by atoms with Gasteiger partial charge in [-0.15, -0.1) is 0 Å². The highest BCUT2D eigenvalue weighted by Gasteiger charge is 2.36. The fraction of sp³-hybridized carbons (Fsp3) is 0.600. The molecule has 1 aromatic carbocycles. The van der Waals surface area contributed by atoms with Crippen LogP contribution in [0.3, 0.4) is 0 Å². The SMILES string of the molecule is COc1ccc(COC/C=C/[C@@H](O)CCO[Si](C)(C)C(C)(C)C)cc1. The van der Waals surface area contributed by atoms with Crippen LogP contribution in [0.15, 0.2) is 36.4 Å². The summed E-state index contributed by atoms with van der Waals surface area (Å²) in [6, 6.07) is 7.80. The van der Waals surface area contributed by atoms with Crippen molar-refractivity contribution in [3.63, 3.8) is 0 Å². The highest BCUT2D eigenvalue weighted by Crippen LogP contribution is 2.36. The zero-order valence-electron chi connectivity index (χ0n) is 16.5. The minimum Gasteiger partial charge on any atom is -0.497 e. The van der Waals surface area contributed by atoms with Crippen molar-refractivity contribution in [2.24, 2.45) is 0 Å². The molecule has 5 heteroatoms. The number of ether oxygens (including phenoxy) is 2. The molecule has 0 aromatic heterocycles. The van der Waals surface area contributed by atoms with E-state index in [4.69, 9.17) is 13.9 Å². The molecule has 0 radical (unpaired) electrons. The Balaban J connectivity index is 2.20. The second kappa shape index (κ2) is 10.1. The van der Waals surface area contributed by atoms with Gasteiger partial charge < -0.3 is 19.0 Å². The maximum Gasteiger partial charge on any atom is 0.191 e. The Labute approximate surface area is 153 Å². The van der Waals surface area contributed by atoms with Crippen LogP contribution in [-0.2, 0) is 15.8 Å². The van der Waals surface area contributed by atoms with E-state index in [2.05, 4.69) is 33.9 Å². The van der Waals surface area contributed by atoms with Gasteiger partial charge in [-0.3, -0.25) is 0 Å². The lowest BCUT2D eigenvalue weighted by Crippen LogP contribution is -2.41. The van der Waals surface area contributed by atoms with E-state index in [-0.39, 0.29) is 5.04 Å². The molecule has 0 aliphatic rings. The van der Waals surface area contributed by atoms with Gasteiger partial charge in [0.1, 0.15) is 5.75 Å². The van der Waals surface area contributed by atoms with Crippen LogP contribution in [0, 0.1) is 0 Å². The number of benzene rings is 1. The Hall–Kier alpha value is -1.14. The normalized spacial score (nSPS) is 14.0. The lowest BCUT2D eigenvalue weighted by Gasteiger charge is -2.36. The predicted molar refractivity (Wildman–Crippen MR) is 106 cm³/mol. The zero-order valence-corrected chi connectivity index (χ0v) is 17.5. The molecule has 0 spiro atoms. The van der Waals surface area contributed by atoms with Crippen molar-refractivity contribution in [2.75, 3.05) is 20.3 Å². The van der Waals surface area contributed by atoms with Crippen LogP contribution in [0.5, 0.6) is 5.75 Å². The highest BCUT2D eigenvalue weighted by molar-refractivity contribution is 6.74. The summed E-state index contributed by atoms with van der Waals surface area (Å²) >= 11 is 0. The van der Waals surface area contributed by atoms with E-state index in [0.717, 1.165) is 11.3 Å². The van der Waals surface area contributed by atoms with Crippen LogP contribution in [0.2, 0.25) is 18.1 Å². The van der Waals surface area contributed by atoms with Crippen LogP contribution < -0.4 is 4.74 Å². The van der Waals surface area contributed by atoms with Gasteiger partial charge >= 0.3 is 0 Å². The fourth-order valence-corrected chi connectivity index (χ4v) is 2.99. The van der Waals surface area contributed by atoms with Gasteiger partial charge in [0.05, 0.1) is 26.4 Å². The number of hydrogen-bond acceptors (Lipinski definition) is 4. The molecule has 1 aromatic rings. The molecule has 0 saturated carbocycles. The first kappa shape index (κ1) is 21.9. The number of aliphatic hydroxyl groups excluding tert-OH is 1. The maximum absolute atomic E-state index is 10.0. The molecular formula is C20H34O4Si. The lowest BCUT2D eigenvalue weighted by molar-refractivity contribution is 0.145. The lowest BCUT2D eigenvalue weighted by atomic mass is 10.2. The average molecular weight is 367 g/mol. The predicted octanol–water partition coefficient (Wildman–Crippen LogP) is 4.54. The van der Waals surface area contributed by atoms with Crippen LogP contribution in [0.25, 0.3) is 0 Å². The van der Waals surface area contributed by atoms with Crippen LogP contribution in [-0.4, -0.2) is 39.9 Å². The van der Waals surface area contributed by atoms with Crippen LogP contribution in [0.4, 0.5) is 0 Å². The summed E-state index contributed by atoms with van der Waals surface area (Å²) in [6.45, 7) is 12.7. The number of methoxy groups -OCH3 is 1. The highest BCUT2D eigenvalue weighted by atomic mass is 28.4. The first-order valence-corrected chi connectivity index (χ1v) is 11.8. The standard InChI is InChI=1S/C20H34O4Si/c1-20(2,3)25(5,6)24-15-13-18(21)8-7-14-23-16-17-9-11-19(22-4)12-10-17/h7-12,18,21H,13-16H2,1-6H3/b8-7+/t18-/m1/s1. The monoisotopic (exact) mass is 366 g/mol. The van der Waals surface area contributed by atoms with Crippen molar-refractivity contribution in [1.82, 2.24) is 0 Å². The average Bonchev–Trinajstić information content (AvgIpc) is 2.54. The molecule has 1 atom stereocenters. The van der Waals surface area contributed by atoms with E-state index in [0.29, 0.717) is 26.2 Å². The van der Waals surface area contributed by atoms with Gasteiger partial charge in [0, 0.05) is 6.61 Å². The van der Waals surface area contributed by atoms with Gasteiger partial charge in [-0.05, 0) is 42.2 Å². The minimum absolute atomic E-state index is 0.198. The van der Waals surface area contributed by atoms with E-state index in [1.165, 1.54) is 0 Å². The van der Waals surface area contributed by atoms with E-state index in [9.17, 15) is 5.11 Å². The Morgan fingerprint density at radius 2 is 1.80 bits per heavy atom. The molecule has 0 heterocycles. The van der Waals surface area contributed by atoms with E-state index >= 15 is 0 Å². The zero-order chi connectivity index (χ0) is 18.9. The number of aliphatic hydroxyl groups is 1. The molecule has 1 N–H and O–H groups in total. The second-order valence-corrected chi connectivity index (χ2v) is 12.6. The molecule has 0 amide bonds. The summed E-state index contributed by atoms with van der Waals surface area (Å²) in [5.74, 6) is 0.840. The van der Waals surface area contributed by atoms with Crippen molar-refractivity contribution in [3.8, 4) is 5.75 Å². The molecule has 0 unspecified atom stereocenters. The molecule has 4 nitrogen and oxygen atoms in total. The third-order valence-electron chi connectivity index (χ3n) is 4.68. The van der Waals surface area contributed by atoms with Gasteiger partial charge in [-0.1, -0.05) is 45.1 Å². The Bertz CT molecular complexity index is 517. The third-order valence-corrected chi connectivity index (χ3v) is 9.22. The smallest absolute Gasteiger partial charge is 0.191 e. The topological polar surface area (TPSA) is 47.9 Å². The van der Waals surface area contributed by atoms with Crippen molar-refractivity contribution in [3.05, 3.63) is 42.0 Å². The fourth-order valence-electron chi connectivity index (χ4n) is 1.93. The summed E-state index contributed by atoms with van der Waals surface area (Å²) in [7, 11) is -0.0772. The van der Waals surface area contributed by atoms with E-state index in [1.807, 2.05) is 30.3 Å². The Morgan fingerprint density at radius 1 is 1.16 bits per heavy atom. The largest absolute Gasteiger partial charge is 0.497 e. The van der Waals surface area contributed by atoms with E-state index in [1.54, 1.807) is 13.2 Å². The van der Waals surface area contributed by atoms with Gasteiger partial charge in [-0.2, -0.15) is 0 Å². The van der Waals surface area contributed by atoms with Crippen molar-refractivity contribution >= 4 is 8.32 Å². The second-order valence-electron chi connectivity index (χ2n) is 7.76. The molecule has 0 bridgehead atoms.